The van der Waals surface area contributed by atoms with E-state index in [1.165, 1.54) is 11.8 Å². The first-order chi connectivity index (χ1) is 15.1. The van der Waals surface area contributed by atoms with E-state index in [1.807, 2.05) is 13.0 Å². The van der Waals surface area contributed by atoms with Gasteiger partial charge in [0, 0.05) is 45.0 Å². The molecule has 1 atom stereocenters. The second kappa shape index (κ2) is 10.0. The van der Waals surface area contributed by atoms with Crippen LogP contribution < -0.4 is 5.32 Å². The summed E-state index contributed by atoms with van der Waals surface area (Å²) < 4.78 is 0. The van der Waals surface area contributed by atoms with Gasteiger partial charge in [0.2, 0.25) is 5.91 Å². The molecule has 2 aliphatic heterocycles. The lowest BCUT2D eigenvalue weighted by molar-refractivity contribution is -0.127. The number of hydrogen-bond acceptors (Lipinski definition) is 5. The number of aromatic nitrogens is 2. The summed E-state index contributed by atoms with van der Waals surface area (Å²) in [6, 6.07) is 10.7. The first-order valence-electron chi connectivity index (χ1n) is 11.2. The predicted molar refractivity (Wildman–Crippen MR) is 118 cm³/mol. The molecule has 2 saturated heterocycles. The normalized spacial score (nSPS) is 20.4. The Bertz CT molecular complexity index is 879. The van der Waals surface area contributed by atoms with Gasteiger partial charge in [-0.3, -0.25) is 19.5 Å². The molecule has 4 rings (SSSR count). The molecule has 0 radical (unpaired) electrons. The molecule has 0 spiro atoms. The molecule has 0 aliphatic carbocycles. The number of piperidine rings is 2. The van der Waals surface area contributed by atoms with E-state index in [9.17, 15) is 9.59 Å². The van der Waals surface area contributed by atoms with E-state index in [-0.39, 0.29) is 23.8 Å². The van der Waals surface area contributed by atoms with E-state index in [4.69, 9.17) is 0 Å². The van der Waals surface area contributed by atoms with Crippen LogP contribution in [0.1, 0.15) is 47.4 Å². The zero-order valence-corrected chi connectivity index (χ0v) is 18.2. The lowest BCUT2D eigenvalue weighted by Gasteiger charge is -2.35. The van der Waals surface area contributed by atoms with E-state index in [0.717, 1.165) is 51.0 Å². The number of benzene rings is 1. The maximum Gasteiger partial charge on any atom is 0.274 e. The molecule has 0 saturated carbocycles. The highest BCUT2D eigenvalue weighted by Crippen LogP contribution is 2.20. The molecule has 1 unspecified atom stereocenters. The van der Waals surface area contributed by atoms with Crippen molar-refractivity contribution in [1.82, 2.24) is 25.1 Å². The molecule has 2 aliphatic rings. The largest absolute Gasteiger partial charge is 0.353 e. The summed E-state index contributed by atoms with van der Waals surface area (Å²) in [6.07, 6.45) is 6.70. The second-order valence-electron chi connectivity index (χ2n) is 8.68. The Hall–Kier alpha value is -2.80. The topological polar surface area (TPSA) is 78.4 Å². The quantitative estimate of drug-likeness (QED) is 0.802. The Morgan fingerprint density at radius 2 is 1.81 bits per heavy atom. The number of carbonyl (C=O) groups excluding carboxylic acids is 2. The third-order valence-corrected chi connectivity index (χ3v) is 6.26. The highest BCUT2D eigenvalue weighted by molar-refractivity contribution is 5.92. The molecule has 1 aromatic carbocycles. The Kier molecular flexibility index (Phi) is 6.92. The van der Waals surface area contributed by atoms with Crippen LogP contribution >= 0.6 is 0 Å². The van der Waals surface area contributed by atoms with Crippen LogP contribution in [0.15, 0.2) is 42.7 Å². The smallest absolute Gasteiger partial charge is 0.274 e. The number of carbonyl (C=O) groups is 2. The summed E-state index contributed by atoms with van der Waals surface area (Å²) in [5.41, 5.74) is 2.45. The van der Waals surface area contributed by atoms with Gasteiger partial charge in [0.15, 0.2) is 0 Å². The van der Waals surface area contributed by atoms with E-state index < -0.39 is 0 Å². The summed E-state index contributed by atoms with van der Waals surface area (Å²) in [5, 5.41) is 3.25. The first kappa shape index (κ1) is 21.4. The van der Waals surface area contributed by atoms with Gasteiger partial charge in [-0.15, -0.1) is 0 Å². The molecule has 7 heteroatoms. The van der Waals surface area contributed by atoms with Gasteiger partial charge in [-0.25, -0.2) is 4.98 Å². The molecule has 164 valence electrons. The number of likely N-dealkylation sites (tertiary alicyclic amines) is 2. The fourth-order valence-electron chi connectivity index (χ4n) is 4.44. The van der Waals surface area contributed by atoms with Crippen molar-refractivity contribution >= 4 is 11.8 Å². The van der Waals surface area contributed by atoms with Crippen LogP contribution in [0.5, 0.6) is 0 Å². The van der Waals surface area contributed by atoms with Gasteiger partial charge in [-0.2, -0.15) is 0 Å². The molecule has 3 heterocycles. The number of hydrogen-bond donors (Lipinski definition) is 1. The van der Waals surface area contributed by atoms with Crippen LogP contribution in [0.25, 0.3) is 0 Å². The Balaban J connectivity index is 1.25. The van der Waals surface area contributed by atoms with E-state index >= 15 is 0 Å². The third kappa shape index (κ3) is 5.67. The van der Waals surface area contributed by atoms with Crippen molar-refractivity contribution in [2.75, 3.05) is 26.2 Å². The third-order valence-electron chi connectivity index (χ3n) is 6.26. The monoisotopic (exact) mass is 421 g/mol. The van der Waals surface area contributed by atoms with Crippen molar-refractivity contribution < 1.29 is 9.59 Å². The van der Waals surface area contributed by atoms with Crippen LogP contribution in [0.2, 0.25) is 0 Å². The number of nitrogens with zero attached hydrogens (tertiary/aromatic N) is 4. The standard InChI is InChI=1S/C24H31N5O2/c1-18-14-26-22(15-25-18)24(31)29-11-5-8-20(17-29)23(30)27-21-9-12-28(13-10-21)16-19-6-3-2-4-7-19/h2-4,6-7,14-15,20-21H,5,8-13,16-17H2,1H3,(H,27,30). The summed E-state index contributed by atoms with van der Waals surface area (Å²) in [4.78, 5) is 38.2. The molecule has 2 aromatic rings. The molecule has 2 fully saturated rings. The van der Waals surface area contributed by atoms with Gasteiger partial charge in [0.05, 0.1) is 17.8 Å². The molecule has 7 nitrogen and oxygen atoms in total. The van der Waals surface area contributed by atoms with Gasteiger partial charge in [0.25, 0.3) is 5.91 Å². The van der Waals surface area contributed by atoms with Gasteiger partial charge in [-0.05, 0) is 38.2 Å². The lowest BCUT2D eigenvalue weighted by Crippen LogP contribution is -2.50. The molecule has 31 heavy (non-hydrogen) atoms. The lowest BCUT2D eigenvalue weighted by atomic mass is 9.95. The number of rotatable bonds is 5. The maximum absolute atomic E-state index is 12.9. The zero-order chi connectivity index (χ0) is 21.6. The highest BCUT2D eigenvalue weighted by Gasteiger charge is 2.31. The summed E-state index contributed by atoms with van der Waals surface area (Å²) in [7, 11) is 0. The van der Waals surface area contributed by atoms with E-state index in [0.29, 0.717) is 18.8 Å². The maximum atomic E-state index is 12.9. The van der Waals surface area contributed by atoms with Crippen LogP contribution in [0.3, 0.4) is 0 Å². The van der Waals surface area contributed by atoms with Gasteiger partial charge < -0.3 is 10.2 Å². The summed E-state index contributed by atoms with van der Waals surface area (Å²) >= 11 is 0. The molecule has 1 N–H and O–H groups in total. The number of aryl methyl sites for hydroxylation is 1. The van der Waals surface area contributed by atoms with Gasteiger partial charge in [0.1, 0.15) is 5.69 Å². The Morgan fingerprint density at radius 1 is 1.03 bits per heavy atom. The second-order valence-corrected chi connectivity index (χ2v) is 8.68. The molecule has 1 aromatic heterocycles. The van der Waals surface area contributed by atoms with E-state index in [1.54, 1.807) is 11.1 Å². The van der Waals surface area contributed by atoms with Crippen molar-refractivity contribution in [3.8, 4) is 0 Å². The van der Waals surface area contributed by atoms with E-state index in [2.05, 4.69) is 44.5 Å². The molecule has 2 amide bonds. The highest BCUT2D eigenvalue weighted by atomic mass is 16.2. The predicted octanol–water partition coefficient (Wildman–Crippen LogP) is 2.42. The zero-order valence-electron chi connectivity index (χ0n) is 18.2. The van der Waals surface area contributed by atoms with Crippen molar-refractivity contribution in [2.24, 2.45) is 5.92 Å². The minimum absolute atomic E-state index is 0.0778. The van der Waals surface area contributed by atoms with Crippen molar-refractivity contribution in [1.29, 1.82) is 0 Å². The molecular formula is C24H31N5O2. The van der Waals surface area contributed by atoms with Gasteiger partial charge in [-0.1, -0.05) is 30.3 Å². The minimum Gasteiger partial charge on any atom is -0.353 e. The van der Waals surface area contributed by atoms with Crippen molar-refractivity contribution in [2.45, 2.75) is 45.2 Å². The fourth-order valence-corrected chi connectivity index (χ4v) is 4.44. The average Bonchev–Trinajstić information content (AvgIpc) is 2.81. The van der Waals surface area contributed by atoms with Gasteiger partial charge >= 0.3 is 0 Å². The van der Waals surface area contributed by atoms with Crippen LogP contribution in [0, 0.1) is 12.8 Å². The summed E-state index contributed by atoms with van der Waals surface area (Å²) in [5.74, 6) is -0.216. The average molecular weight is 422 g/mol. The van der Waals surface area contributed by atoms with Crippen LogP contribution in [-0.4, -0.2) is 63.8 Å². The fraction of sp³-hybridized carbons (Fsp3) is 0.500. The van der Waals surface area contributed by atoms with Crippen LogP contribution in [0.4, 0.5) is 0 Å². The van der Waals surface area contributed by atoms with Crippen molar-refractivity contribution in [3.63, 3.8) is 0 Å². The van der Waals surface area contributed by atoms with Crippen LogP contribution in [-0.2, 0) is 11.3 Å². The number of nitrogens with one attached hydrogen (secondary N) is 1. The summed E-state index contributed by atoms with van der Waals surface area (Å²) in [6.45, 7) is 5.89. The van der Waals surface area contributed by atoms with Crippen molar-refractivity contribution in [3.05, 3.63) is 59.7 Å². The first-order valence-corrected chi connectivity index (χ1v) is 11.2. The molecule has 0 bridgehead atoms. The minimum atomic E-state index is -0.154. The SMILES string of the molecule is Cc1cnc(C(=O)N2CCCC(C(=O)NC3CCN(Cc4ccccc4)CC3)C2)cn1. The number of amides is 2. The molecular weight excluding hydrogens is 390 g/mol. The Labute approximate surface area is 183 Å². The Morgan fingerprint density at radius 3 is 2.52 bits per heavy atom.